The van der Waals surface area contributed by atoms with Crippen LogP contribution in [0.1, 0.15) is 35.9 Å². The van der Waals surface area contributed by atoms with Crippen molar-refractivity contribution in [1.29, 1.82) is 0 Å². The molecule has 0 aromatic carbocycles. The van der Waals surface area contributed by atoms with Crippen molar-refractivity contribution < 1.29 is 4.42 Å². The van der Waals surface area contributed by atoms with Crippen LogP contribution in [0.5, 0.6) is 0 Å². The number of thiophene rings is 1. The standard InChI is InChI=1S/C14H18N2OS/c1-2-15-8-11-9-17-14(16-11)13-7-10-5-3-4-6-12(10)18-13/h7,9,15H,2-6,8H2,1H3. The molecule has 0 amide bonds. The molecule has 1 N–H and O–H groups in total. The molecule has 4 heteroatoms. The molecule has 0 spiro atoms. The lowest BCUT2D eigenvalue weighted by atomic mass is 9.99. The van der Waals surface area contributed by atoms with Crippen LogP contribution in [-0.2, 0) is 19.4 Å². The third-order valence-corrected chi connectivity index (χ3v) is 4.54. The highest BCUT2D eigenvalue weighted by atomic mass is 32.1. The van der Waals surface area contributed by atoms with Gasteiger partial charge in [0.15, 0.2) is 0 Å². The highest BCUT2D eigenvalue weighted by molar-refractivity contribution is 7.15. The third-order valence-electron chi connectivity index (χ3n) is 3.32. The Kier molecular flexibility index (Phi) is 3.48. The lowest BCUT2D eigenvalue weighted by molar-refractivity contribution is 0.572. The summed E-state index contributed by atoms with van der Waals surface area (Å²) < 4.78 is 5.58. The summed E-state index contributed by atoms with van der Waals surface area (Å²) in [4.78, 5) is 7.26. The number of hydrogen-bond donors (Lipinski definition) is 1. The van der Waals surface area contributed by atoms with Crippen LogP contribution in [0.25, 0.3) is 10.8 Å². The summed E-state index contributed by atoms with van der Waals surface area (Å²) in [5, 5.41) is 3.26. The molecule has 0 unspecified atom stereocenters. The first kappa shape index (κ1) is 11.9. The minimum atomic E-state index is 0.780. The van der Waals surface area contributed by atoms with Gasteiger partial charge in [0.25, 0.3) is 0 Å². The van der Waals surface area contributed by atoms with E-state index in [9.17, 15) is 0 Å². The Hall–Kier alpha value is -1.13. The van der Waals surface area contributed by atoms with Gasteiger partial charge in [-0.2, -0.15) is 0 Å². The first-order valence-electron chi connectivity index (χ1n) is 6.64. The van der Waals surface area contributed by atoms with E-state index in [1.165, 1.54) is 41.0 Å². The van der Waals surface area contributed by atoms with Crippen molar-refractivity contribution in [3.05, 3.63) is 28.5 Å². The molecule has 0 atom stereocenters. The van der Waals surface area contributed by atoms with Gasteiger partial charge in [0.2, 0.25) is 5.89 Å². The van der Waals surface area contributed by atoms with E-state index >= 15 is 0 Å². The van der Waals surface area contributed by atoms with Gasteiger partial charge in [-0.3, -0.25) is 0 Å². The van der Waals surface area contributed by atoms with Crippen LogP contribution in [0, 0.1) is 0 Å². The van der Waals surface area contributed by atoms with Gasteiger partial charge in [0, 0.05) is 11.4 Å². The average Bonchev–Trinajstić information content (AvgIpc) is 3.02. The van der Waals surface area contributed by atoms with Crippen LogP contribution >= 0.6 is 11.3 Å². The Balaban J connectivity index is 1.81. The van der Waals surface area contributed by atoms with E-state index in [1.54, 1.807) is 6.26 Å². The number of nitrogens with one attached hydrogen (secondary N) is 1. The maximum atomic E-state index is 5.58. The van der Waals surface area contributed by atoms with E-state index in [0.717, 1.165) is 24.7 Å². The summed E-state index contributed by atoms with van der Waals surface area (Å²) in [5.41, 5.74) is 2.49. The molecule has 18 heavy (non-hydrogen) atoms. The quantitative estimate of drug-likeness (QED) is 0.917. The largest absolute Gasteiger partial charge is 0.444 e. The molecule has 0 bridgehead atoms. The van der Waals surface area contributed by atoms with Crippen molar-refractivity contribution in [2.75, 3.05) is 6.54 Å². The predicted octanol–water partition coefficient (Wildman–Crippen LogP) is 3.39. The van der Waals surface area contributed by atoms with Crippen LogP contribution in [0.3, 0.4) is 0 Å². The smallest absolute Gasteiger partial charge is 0.236 e. The minimum Gasteiger partial charge on any atom is -0.444 e. The van der Waals surface area contributed by atoms with Gasteiger partial charge in [-0.1, -0.05) is 6.92 Å². The van der Waals surface area contributed by atoms with E-state index < -0.39 is 0 Å². The molecule has 0 aliphatic heterocycles. The number of oxazole rings is 1. The molecule has 0 fully saturated rings. The van der Waals surface area contributed by atoms with Crippen molar-refractivity contribution in [1.82, 2.24) is 10.3 Å². The fourth-order valence-corrected chi connectivity index (χ4v) is 3.54. The fourth-order valence-electron chi connectivity index (χ4n) is 2.35. The lowest BCUT2D eigenvalue weighted by Gasteiger charge is -2.08. The SMILES string of the molecule is CCNCc1coc(-c2cc3c(s2)CCCC3)n1. The molecule has 1 aliphatic carbocycles. The number of aryl methyl sites for hydroxylation is 2. The topological polar surface area (TPSA) is 38.1 Å². The zero-order valence-electron chi connectivity index (χ0n) is 10.7. The summed E-state index contributed by atoms with van der Waals surface area (Å²) >= 11 is 1.85. The summed E-state index contributed by atoms with van der Waals surface area (Å²) in [7, 11) is 0. The van der Waals surface area contributed by atoms with Crippen LogP contribution in [0.4, 0.5) is 0 Å². The molecule has 1 aliphatic rings. The van der Waals surface area contributed by atoms with Crippen molar-refractivity contribution in [3.63, 3.8) is 0 Å². The summed E-state index contributed by atoms with van der Waals surface area (Å²) in [6.45, 7) is 3.83. The summed E-state index contributed by atoms with van der Waals surface area (Å²) in [5.74, 6) is 0.780. The van der Waals surface area contributed by atoms with Gasteiger partial charge in [0.1, 0.15) is 6.26 Å². The summed E-state index contributed by atoms with van der Waals surface area (Å²) in [6.07, 6.45) is 6.85. The Morgan fingerprint density at radius 2 is 2.28 bits per heavy atom. The molecule has 0 radical (unpaired) electrons. The first-order valence-corrected chi connectivity index (χ1v) is 7.45. The molecule has 0 saturated carbocycles. The lowest BCUT2D eigenvalue weighted by Crippen LogP contribution is -2.11. The highest BCUT2D eigenvalue weighted by Gasteiger charge is 2.16. The van der Waals surface area contributed by atoms with E-state index in [1.807, 2.05) is 11.3 Å². The molecule has 96 valence electrons. The van der Waals surface area contributed by atoms with E-state index in [-0.39, 0.29) is 0 Å². The van der Waals surface area contributed by atoms with Gasteiger partial charge in [-0.25, -0.2) is 4.98 Å². The maximum Gasteiger partial charge on any atom is 0.236 e. The molecule has 0 saturated heterocycles. The Bertz CT molecular complexity index is 506. The van der Waals surface area contributed by atoms with Crippen molar-refractivity contribution in [2.45, 2.75) is 39.2 Å². The van der Waals surface area contributed by atoms with Crippen LogP contribution in [0.2, 0.25) is 0 Å². The molecular weight excluding hydrogens is 244 g/mol. The molecule has 2 heterocycles. The van der Waals surface area contributed by atoms with Crippen LogP contribution in [-0.4, -0.2) is 11.5 Å². The van der Waals surface area contributed by atoms with E-state index in [4.69, 9.17) is 4.42 Å². The van der Waals surface area contributed by atoms with Gasteiger partial charge in [0.05, 0.1) is 10.6 Å². The minimum absolute atomic E-state index is 0.780. The van der Waals surface area contributed by atoms with Crippen LogP contribution in [0.15, 0.2) is 16.7 Å². The Labute approximate surface area is 111 Å². The first-order chi connectivity index (χ1) is 8.86. The van der Waals surface area contributed by atoms with Gasteiger partial charge in [-0.15, -0.1) is 11.3 Å². The molecule has 3 nitrogen and oxygen atoms in total. The zero-order chi connectivity index (χ0) is 12.4. The van der Waals surface area contributed by atoms with Gasteiger partial charge < -0.3 is 9.73 Å². The van der Waals surface area contributed by atoms with Crippen molar-refractivity contribution >= 4 is 11.3 Å². The second kappa shape index (κ2) is 5.24. The monoisotopic (exact) mass is 262 g/mol. The number of hydrogen-bond acceptors (Lipinski definition) is 4. The van der Waals surface area contributed by atoms with Gasteiger partial charge >= 0.3 is 0 Å². The number of aromatic nitrogens is 1. The highest BCUT2D eigenvalue weighted by Crippen LogP contribution is 2.35. The van der Waals surface area contributed by atoms with Crippen molar-refractivity contribution in [2.24, 2.45) is 0 Å². The predicted molar refractivity (Wildman–Crippen MR) is 73.8 cm³/mol. The molecule has 3 rings (SSSR count). The van der Waals surface area contributed by atoms with E-state index in [2.05, 4.69) is 23.3 Å². The molecule has 2 aromatic heterocycles. The molecular formula is C14H18N2OS. The normalized spacial score (nSPS) is 14.7. The Morgan fingerprint density at radius 3 is 3.11 bits per heavy atom. The molecule has 2 aromatic rings. The number of rotatable bonds is 4. The second-order valence-corrected chi connectivity index (χ2v) is 5.83. The van der Waals surface area contributed by atoms with Crippen molar-refractivity contribution in [3.8, 4) is 10.8 Å². The van der Waals surface area contributed by atoms with E-state index in [0.29, 0.717) is 0 Å². The second-order valence-electron chi connectivity index (χ2n) is 4.69. The number of nitrogens with zero attached hydrogens (tertiary/aromatic N) is 1. The maximum absolute atomic E-state index is 5.58. The zero-order valence-corrected chi connectivity index (χ0v) is 11.5. The fraction of sp³-hybridized carbons (Fsp3) is 0.500. The Morgan fingerprint density at radius 1 is 1.39 bits per heavy atom. The van der Waals surface area contributed by atoms with Crippen LogP contribution < -0.4 is 5.32 Å². The van der Waals surface area contributed by atoms with Gasteiger partial charge in [-0.05, 0) is 43.9 Å². The third kappa shape index (κ3) is 2.35. The average molecular weight is 262 g/mol. The summed E-state index contributed by atoms with van der Waals surface area (Å²) in [6, 6.07) is 2.27. The number of fused-ring (bicyclic) bond motifs is 1.